The minimum absolute atomic E-state index is 0.166. The summed E-state index contributed by atoms with van der Waals surface area (Å²) in [4.78, 5) is 26.9. The zero-order chi connectivity index (χ0) is 7.84. The lowest BCUT2D eigenvalue weighted by Crippen LogP contribution is -2.23. The van der Waals surface area contributed by atoms with E-state index in [0.717, 1.165) is 0 Å². The fourth-order valence-electron chi connectivity index (χ4n) is 0.793. The summed E-state index contributed by atoms with van der Waals surface area (Å²) in [7, 11) is 0. The summed E-state index contributed by atoms with van der Waals surface area (Å²) in [6.07, 6.45) is 1.20. The van der Waals surface area contributed by atoms with Crippen molar-refractivity contribution in [1.82, 2.24) is 15.1 Å². The summed E-state index contributed by atoms with van der Waals surface area (Å²) < 4.78 is 4.55. The number of fused-ring (bicyclic) bond motifs is 1. The second kappa shape index (κ2) is 1.82. The zero-order valence-corrected chi connectivity index (χ0v) is 5.25. The summed E-state index contributed by atoms with van der Waals surface area (Å²) in [5.74, 6) is 0.166. The van der Waals surface area contributed by atoms with Crippen LogP contribution in [0.4, 0.5) is 0 Å². The van der Waals surface area contributed by atoms with Gasteiger partial charge in [0.2, 0.25) is 0 Å². The first-order chi connectivity index (χ1) is 5.27. The van der Waals surface area contributed by atoms with Crippen LogP contribution >= 0.6 is 0 Å². The van der Waals surface area contributed by atoms with E-state index < -0.39 is 11.2 Å². The molecule has 0 radical (unpaired) electrons. The Kier molecular flexibility index (Phi) is 0.974. The molecule has 0 spiro atoms. The lowest BCUT2D eigenvalue weighted by molar-refractivity contribution is 0.423. The number of aromatic nitrogens is 3. The molecule has 0 atom stereocenters. The van der Waals surface area contributed by atoms with Crippen LogP contribution in [0.2, 0.25) is 0 Å². The van der Waals surface area contributed by atoms with Crippen molar-refractivity contribution in [2.24, 2.45) is 0 Å². The van der Waals surface area contributed by atoms with Crippen molar-refractivity contribution in [3.05, 3.63) is 27.1 Å². The number of nitrogens with zero attached hydrogens (tertiary/aromatic N) is 1. The van der Waals surface area contributed by atoms with Gasteiger partial charge in [-0.1, -0.05) is 0 Å². The van der Waals surface area contributed by atoms with Crippen molar-refractivity contribution in [2.45, 2.75) is 0 Å². The Bertz CT molecular complexity index is 451. The Morgan fingerprint density at radius 2 is 2.27 bits per heavy atom. The van der Waals surface area contributed by atoms with Crippen molar-refractivity contribution in [3.63, 3.8) is 0 Å². The molecular weight excluding hydrogens is 150 g/mol. The smallest absolute Gasteiger partial charge is 0.349 e. The highest BCUT2D eigenvalue weighted by molar-refractivity contribution is 5.50. The molecule has 0 saturated heterocycles. The summed E-state index contributed by atoms with van der Waals surface area (Å²) in [6.45, 7) is 0. The average Bonchev–Trinajstić information content (AvgIpc) is 2.34. The summed E-state index contributed by atoms with van der Waals surface area (Å²) in [6, 6.07) is 0. The second-order valence-electron chi connectivity index (χ2n) is 1.97. The van der Waals surface area contributed by atoms with E-state index in [9.17, 15) is 9.59 Å². The molecule has 56 valence electrons. The number of rotatable bonds is 0. The van der Waals surface area contributed by atoms with Gasteiger partial charge in [-0.15, -0.1) is 0 Å². The lowest BCUT2D eigenvalue weighted by Gasteiger charge is -1.86. The van der Waals surface area contributed by atoms with E-state index in [1.165, 1.54) is 6.26 Å². The molecule has 0 aliphatic carbocycles. The van der Waals surface area contributed by atoms with Crippen LogP contribution in [-0.4, -0.2) is 15.1 Å². The Morgan fingerprint density at radius 3 is 3.09 bits per heavy atom. The van der Waals surface area contributed by atoms with Gasteiger partial charge in [0.1, 0.15) is 11.8 Å². The normalized spacial score (nSPS) is 10.5. The Labute approximate surface area is 59.2 Å². The molecule has 0 aromatic carbocycles. The fourth-order valence-corrected chi connectivity index (χ4v) is 0.793. The molecule has 2 aliphatic heterocycles. The summed E-state index contributed by atoms with van der Waals surface area (Å²) in [5.41, 5.74) is -0.935. The van der Waals surface area contributed by atoms with Gasteiger partial charge in [-0.2, -0.15) is 4.98 Å². The molecule has 11 heavy (non-hydrogen) atoms. The van der Waals surface area contributed by atoms with Crippen molar-refractivity contribution in [2.75, 3.05) is 0 Å². The molecule has 6 heteroatoms. The summed E-state index contributed by atoms with van der Waals surface area (Å²) in [5, 5.41) is 2.30. The minimum atomic E-state index is -0.680. The third-order valence-corrected chi connectivity index (χ3v) is 1.27. The van der Waals surface area contributed by atoms with Gasteiger partial charge in [0.05, 0.1) is 0 Å². The van der Waals surface area contributed by atoms with E-state index >= 15 is 0 Å². The molecule has 0 aromatic heterocycles. The first-order valence-corrected chi connectivity index (χ1v) is 2.83. The maximum absolute atomic E-state index is 10.9. The van der Waals surface area contributed by atoms with Gasteiger partial charge in [0, 0.05) is 0 Å². The van der Waals surface area contributed by atoms with Gasteiger partial charge >= 0.3 is 5.69 Å². The van der Waals surface area contributed by atoms with Crippen LogP contribution in [0.1, 0.15) is 0 Å². The molecule has 0 fully saturated rings. The molecule has 2 N–H and O–H groups in total. The molecule has 0 amide bonds. The second-order valence-corrected chi connectivity index (χ2v) is 1.97. The average molecular weight is 153 g/mol. The molecule has 0 saturated carbocycles. The Morgan fingerprint density at radius 1 is 1.45 bits per heavy atom. The van der Waals surface area contributed by atoms with Gasteiger partial charge < -0.3 is 4.52 Å². The van der Waals surface area contributed by atoms with Crippen LogP contribution in [0, 0.1) is 0 Å². The van der Waals surface area contributed by atoms with Gasteiger partial charge in [-0.05, 0) is 0 Å². The van der Waals surface area contributed by atoms with Crippen LogP contribution in [-0.2, 0) is 0 Å². The van der Waals surface area contributed by atoms with Crippen molar-refractivity contribution >= 4 is 0 Å². The number of H-pyrrole nitrogens is 2. The molecule has 0 aromatic rings. The predicted octanol–water partition coefficient (Wildman–Crippen LogP) is -0.844. The van der Waals surface area contributed by atoms with Gasteiger partial charge in [-0.25, -0.2) is 9.95 Å². The van der Waals surface area contributed by atoms with Gasteiger partial charge in [0.25, 0.3) is 5.56 Å². The molecule has 2 rings (SSSR count). The standard InChI is InChI=1S/C5H3N3O3/c9-4-2-1-11-8-3(2)6-5(10)7-4/h1H,(H2,6,7,8,9,10). The van der Waals surface area contributed by atoms with Crippen molar-refractivity contribution in [1.29, 1.82) is 0 Å². The minimum Gasteiger partial charge on any atom is -0.387 e. The van der Waals surface area contributed by atoms with Gasteiger partial charge in [0.15, 0.2) is 5.82 Å². The van der Waals surface area contributed by atoms with E-state index in [2.05, 4.69) is 14.7 Å². The largest absolute Gasteiger partial charge is 0.387 e. The lowest BCUT2D eigenvalue weighted by atomic mass is 10.3. The van der Waals surface area contributed by atoms with E-state index in [-0.39, 0.29) is 11.4 Å². The first-order valence-electron chi connectivity index (χ1n) is 2.83. The molecule has 2 heterocycles. The van der Waals surface area contributed by atoms with Crippen molar-refractivity contribution in [3.8, 4) is 11.4 Å². The monoisotopic (exact) mass is 153 g/mol. The molecule has 0 unspecified atom stereocenters. The van der Waals surface area contributed by atoms with Crippen LogP contribution in [0.25, 0.3) is 11.4 Å². The van der Waals surface area contributed by atoms with Crippen LogP contribution in [0.3, 0.4) is 0 Å². The quantitative estimate of drug-likeness (QED) is 0.516. The number of nitrogens with one attached hydrogen (secondary N) is 2. The van der Waals surface area contributed by atoms with Crippen molar-refractivity contribution < 1.29 is 4.52 Å². The highest BCUT2D eigenvalue weighted by Gasteiger charge is 2.10. The topological polar surface area (TPSA) is 91.8 Å². The van der Waals surface area contributed by atoms with E-state index in [1.54, 1.807) is 0 Å². The maximum atomic E-state index is 10.9. The number of hydrogen-bond acceptors (Lipinski definition) is 4. The van der Waals surface area contributed by atoms with E-state index in [1.807, 2.05) is 4.98 Å². The SMILES string of the molecule is O=c1nc2[nH]occ-2c(=O)[nH]1. The van der Waals surface area contributed by atoms with E-state index in [4.69, 9.17) is 0 Å². The third kappa shape index (κ3) is 0.759. The fraction of sp³-hybridized carbons (Fsp3) is 0. The van der Waals surface area contributed by atoms with Crippen LogP contribution in [0.15, 0.2) is 20.4 Å². The third-order valence-electron chi connectivity index (χ3n) is 1.27. The first kappa shape index (κ1) is 5.90. The molecule has 0 bridgehead atoms. The highest BCUT2D eigenvalue weighted by Crippen LogP contribution is 2.06. The predicted molar refractivity (Wildman–Crippen MR) is 34.4 cm³/mol. The molecular formula is C5H3N3O3. The van der Waals surface area contributed by atoms with E-state index in [0.29, 0.717) is 0 Å². The molecule has 6 nitrogen and oxygen atoms in total. The number of aromatic amines is 2. The molecule has 2 aliphatic rings. The number of hydrogen-bond donors (Lipinski definition) is 2. The maximum Gasteiger partial charge on any atom is 0.349 e. The Balaban J connectivity index is 3.02. The van der Waals surface area contributed by atoms with Gasteiger partial charge in [-0.3, -0.25) is 9.78 Å². The van der Waals surface area contributed by atoms with Crippen LogP contribution < -0.4 is 11.2 Å². The zero-order valence-electron chi connectivity index (χ0n) is 5.25. The highest BCUT2D eigenvalue weighted by atomic mass is 16.5. The summed E-state index contributed by atoms with van der Waals surface area (Å²) >= 11 is 0. The Hall–Kier alpha value is -1.85. The van der Waals surface area contributed by atoms with Crippen LogP contribution in [0.5, 0.6) is 0 Å².